The third kappa shape index (κ3) is 1.43. The Bertz CT molecular complexity index is 486. The average molecular weight is 208 g/mol. The van der Waals surface area contributed by atoms with Gasteiger partial charge in [-0.2, -0.15) is 5.10 Å². The third-order valence-corrected chi connectivity index (χ3v) is 2.13. The SMILES string of the molecule is COc1c(-c2cnc(N)o2)c(C)nn1C. The molecule has 0 radical (unpaired) electrons. The summed E-state index contributed by atoms with van der Waals surface area (Å²) in [6.07, 6.45) is 1.56. The molecule has 0 bridgehead atoms. The predicted octanol–water partition coefficient (Wildman–Crippen LogP) is 0.974. The predicted molar refractivity (Wildman–Crippen MR) is 54.4 cm³/mol. The van der Waals surface area contributed by atoms with Crippen LogP contribution in [0, 0.1) is 6.92 Å². The van der Waals surface area contributed by atoms with Gasteiger partial charge in [0.25, 0.3) is 6.01 Å². The number of hydrogen-bond acceptors (Lipinski definition) is 5. The lowest BCUT2D eigenvalue weighted by Crippen LogP contribution is -1.95. The van der Waals surface area contributed by atoms with Crippen molar-refractivity contribution in [1.82, 2.24) is 14.8 Å². The average Bonchev–Trinajstić information content (AvgIpc) is 2.70. The van der Waals surface area contributed by atoms with Crippen molar-refractivity contribution in [2.45, 2.75) is 6.92 Å². The van der Waals surface area contributed by atoms with Crippen molar-refractivity contribution in [2.24, 2.45) is 7.05 Å². The highest BCUT2D eigenvalue weighted by Gasteiger charge is 2.19. The second kappa shape index (κ2) is 3.30. The third-order valence-electron chi connectivity index (χ3n) is 2.13. The van der Waals surface area contributed by atoms with Gasteiger partial charge in [-0.05, 0) is 6.92 Å². The molecular weight excluding hydrogens is 196 g/mol. The molecular formula is C9H12N4O2. The molecule has 0 atom stereocenters. The van der Waals surface area contributed by atoms with Crippen molar-refractivity contribution >= 4 is 6.01 Å². The largest absolute Gasteiger partial charge is 0.481 e. The van der Waals surface area contributed by atoms with Gasteiger partial charge in [-0.25, -0.2) is 9.67 Å². The number of rotatable bonds is 2. The maximum Gasteiger partial charge on any atom is 0.292 e. The van der Waals surface area contributed by atoms with Crippen molar-refractivity contribution in [2.75, 3.05) is 12.8 Å². The molecule has 0 aliphatic heterocycles. The minimum atomic E-state index is 0.135. The zero-order valence-electron chi connectivity index (χ0n) is 8.81. The van der Waals surface area contributed by atoms with Crippen LogP contribution in [-0.4, -0.2) is 21.9 Å². The van der Waals surface area contributed by atoms with E-state index >= 15 is 0 Å². The molecule has 2 aromatic heterocycles. The lowest BCUT2D eigenvalue weighted by Gasteiger charge is -2.01. The summed E-state index contributed by atoms with van der Waals surface area (Å²) >= 11 is 0. The Morgan fingerprint density at radius 3 is 2.80 bits per heavy atom. The van der Waals surface area contributed by atoms with E-state index in [1.165, 1.54) is 0 Å². The molecule has 0 fully saturated rings. The van der Waals surface area contributed by atoms with Crippen LogP contribution in [0.15, 0.2) is 10.6 Å². The smallest absolute Gasteiger partial charge is 0.292 e. The Balaban J connectivity index is 2.61. The summed E-state index contributed by atoms with van der Waals surface area (Å²) in [7, 11) is 3.38. The van der Waals surface area contributed by atoms with E-state index in [-0.39, 0.29) is 6.01 Å². The minimum absolute atomic E-state index is 0.135. The van der Waals surface area contributed by atoms with Gasteiger partial charge < -0.3 is 14.9 Å². The van der Waals surface area contributed by atoms with Gasteiger partial charge in [-0.1, -0.05) is 0 Å². The van der Waals surface area contributed by atoms with Gasteiger partial charge in [-0.3, -0.25) is 0 Å². The van der Waals surface area contributed by atoms with Crippen LogP contribution in [0.4, 0.5) is 6.01 Å². The van der Waals surface area contributed by atoms with Crippen molar-refractivity contribution in [3.8, 4) is 17.2 Å². The Morgan fingerprint density at radius 1 is 1.53 bits per heavy atom. The molecule has 2 heterocycles. The highest BCUT2D eigenvalue weighted by atomic mass is 16.5. The topological polar surface area (TPSA) is 79.1 Å². The van der Waals surface area contributed by atoms with Crippen LogP contribution in [0.1, 0.15) is 5.69 Å². The maximum absolute atomic E-state index is 5.42. The molecule has 80 valence electrons. The van der Waals surface area contributed by atoms with Gasteiger partial charge in [0, 0.05) is 7.05 Å². The molecule has 0 saturated carbocycles. The van der Waals surface area contributed by atoms with Gasteiger partial charge in [0.2, 0.25) is 5.88 Å². The zero-order chi connectivity index (χ0) is 11.0. The van der Waals surface area contributed by atoms with Crippen LogP contribution in [0.5, 0.6) is 5.88 Å². The Morgan fingerprint density at radius 2 is 2.27 bits per heavy atom. The molecule has 0 amide bonds. The van der Waals surface area contributed by atoms with Gasteiger partial charge in [0.1, 0.15) is 5.56 Å². The summed E-state index contributed by atoms with van der Waals surface area (Å²) in [5, 5.41) is 4.23. The van der Waals surface area contributed by atoms with Crippen LogP contribution < -0.4 is 10.5 Å². The lowest BCUT2D eigenvalue weighted by molar-refractivity contribution is 0.373. The molecule has 6 nitrogen and oxygen atoms in total. The second-order valence-electron chi connectivity index (χ2n) is 3.16. The molecule has 0 aliphatic carbocycles. The number of nitrogens with zero attached hydrogens (tertiary/aromatic N) is 3. The highest BCUT2D eigenvalue weighted by Crippen LogP contribution is 2.33. The molecule has 2 rings (SSSR count). The van der Waals surface area contributed by atoms with E-state index in [1.54, 1.807) is 25.0 Å². The molecule has 0 unspecified atom stereocenters. The van der Waals surface area contributed by atoms with Gasteiger partial charge in [0.05, 0.1) is 19.0 Å². The van der Waals surface area contributed by atoms with Gasteiger partial charge in [-0.15, -0.1) is 0 Å². The molecule has 2 N–H and O–H groups in total. The number of oxazole rings is 1. The minimum Gasteiger partial charge on any atom is -0.481 e. The number of nitrogen functional groups attached to an aromatic ring is 1. The zero-order valence-corrected chi connectivity index (χ0v) is 8.81. The Kier molecular flexibility index (Phi) is 2.11. The highest BCUT2D eigenvalue weighted by molar-refractivity contribution is 5.66. The van der Waals surface area contributed by atoms with Crippen LogP contribution in [-0.2, 0) is 7.05 Å². The Labute approximate surface area is 86.7 Å². The first-order chi connectivity index (χ1) is 7.13. The van der Waals surface area contributed by atoms with Crippen LogP contribution in [0.3, 0.4) is 0 Å². The van der Waals surface area contributed by atoms with Crippen LogP contribution >= 0.6 is 0 Å². The van der Waals surface area contributed by atoms with Crippen molar-refractivity contribution in [1.29, 1.82) is 0 Å². The number of methoxy groups -OCH3 is 1. The van der Waals surface area contributed by atoms with E-state index in [1.807, 2.05) is 6.92 Å². The second-order valence-corrected chi connectivity index (χ2v) is 3.16. The van der Waals surface area contributed by atoms with Crippen LogP contribution in [0.2, 0.25) is 0 Å². The van der Waals surface area contributed by atoms with E-state index in [0.717, 1.165) is 11.3 Å². The molecule has 15 heavy (non-hydrogen) atoms. The molecule has 0 aliphatic rings. The summed E-state index contributed by atoms with van der Waals surface area (Å²) in [6, 6.07) is 0.135. The van der Waals surface area contributed by atoms with Gasteiger partial charge in [0.15, 0.2) is 5.76 Å². The Hall–Kier alpha value is -1.98. The number of nitrogens with two attached hydrogens (primary N) is 1. The monoisotopic (exact) mass is 208 g/mol. The first kappa shape index (κ1) is 9.57. The first-order valence-electron chi connectivity index (χ1n) is 4.42. The molecule has 0 saturated heterocycles. The van der Waals surface area contributed by atoms with E-state index in [9.17, 15) is 0 Å². The summed E-state index contributed by atoms with van der Waals surface area (Å²) < 4.78 is 12.1. The summed E-state index contributed by atoms with van der Waals surface area (Å²) in [5.74, 6) is 1.19. The molecule has 0 spiro atoms. The number of hydrogen-bond donors (Lipinski definition) is 1. The van der Waals surface area contributed by atoms with E-state index in [0.29, 0.717) is 11.6 Å². The van der Waals surface area contributed by atoms with Crippen molar-refractivity contribution in [3.63, 3.8) is 0 Å². The fourth-order valence-electron chi connectivity index (χ4n) is 1.56. The number of aryl methyl sites for hydroxylation is 2. The number of ether oxygens (including phenoxy) is 1. The first-order valence-corrected chi connectivity index (χ1v) is 4.42. The fourth-order valence-corrected chi connectivity index (χ4v) is 1.56. The molecule has 0 aromatic carbocycles. The summed E-state index contributed by atoms with van der Waals surface area (Å²) in [5.41, 5.74) is 7.01. The maximum atomic E-state index is 5.42. The van der Waals surface area contributed by atoms with Gasteiger partial charge >= 0.3 is 0 Å². The number of aromatic nitrogens is 3. The summed E-state index contributed by atoms with van der Waals surface area (Å²) in [6.45, 7) is 1.87. The lowest BCUT2D eigenvalue weighted by atomic mass is 10.2. The number of anilines is 1. The molecule has 2 aromatic rings. The fraction of sp³-hybridized carbons (Fsp3) is 0.333. The molecule has 6 heteroatoms. The summed E-state index contributed by atoms with van der Waals surface area (Å²) in [4.78, 5) is 3.84. The van der Waals surface area contributed by atoms with E-state index in [4.69, 9.17) is 14.9 Å². The van der Waals surface area contributed by atoms with Crippen molar-refractivity contribution in [3.05, 3.63) is 11.9 Å². The standard InChI is InChI=1S/C9H12N4O2/c1-5-7(6-4-11-9(10)15-6)8(14-3)13(2)12-5/h4H,1-3H3,(H2,10,11). The van der Waals surface area contributed by atoms with E-state index < -0.39 is 0 Å². The van der Waals surface area contributed by atoms with Crippen molar-refractivity contribution < 1.29 is 9.15 Å². The van der Waals surface area contributed by atoms with E-state index in [2.05, 4.69) is 10.1 Å². The van der Waals surface area contributed by atoms with Crippen LogP contribution in [0.25, 0.3) is 11.3 Å². The normalized spacial score (nSPS) is 10.6. The quantitative estimate of drug-likeness (QED) is 0.795.